The van der Waals surface area contributed by atoms with Crippen LogP contribution in [-0.2, 0) is 27.9 Å². The maximum atomic E-state index is 12.4. The summed E-state index contributed by atoms with van der Waals surface area (Å²) in [4.78, 5) is 12.3. The van der Waals surface area contributed by atoms with Crippen LogP contribution in [0.5, 0.6) is 0 Å². The van der Waals surface area contributed by atoms with Crippen molar-refractivity contribution in [3.8, 4) is 0 Å². The summed E-state index contributed by atoms with van der Waals surface area (Å²) in [5, 5.41) is 11.8. The van der Waals surface area contributed by atoms with E-state index in [4.69, 9.17) is 0 Å². The molecular weight excluding hydrogens is 434 g/mol. The molecule has 10 heteroatoms. The highest BCUT2D eigenvalue weighted by Gasteiger charge is 2.22. The molecule has 0 saturated heterocycles. The van der Waals surface area contributed by atoms with Crippen LogP contribution in [-0.4, -0.2) is 41.1 Å². The topological polar surface area (TPSA) is 97.2 Å². The van der Waals surface area contributed by atoms with Gasteiger partial charge in [0.05, 0.1) is 24.2 Å². The standard InChI is InChI=1S/C21H25N5O3S2/c1-4-25-19(14-26(31(3,28)29)18-8-6-5-7-9-18)23-24-21(25)30-15-20(27)22-17-12-10-16(2)11-13-17/h5-13H,4,14-15H2,1-3H3,(H,22,27). The van der Waals surface area contributed by atoms with Gasteiger partial charge < -0.3 is 9.88 Å². The molecule has 3 rings (SSSR count). The zero-order chi connectivity index (χ0) is 22.4. The number of carbonyl (C=O) groups is 1. The first kappa shape index (κ1) is 22.8. The molecular formula is C21H25N5O3S2. The van der Waals surface area contributed by atoms with Gasteiger partial charge in [0.25, 0.3) is 0 Å². The maximum Gasteiger partial charge on any atom is 0.234 e. The summed E-state index contributed by atoms with van der Waals surface area (Å²) < 4.78 is 27.8. The molecule has 0 saturated carbocycles. The van der Waals surface area contributed by atoms with Crippen molar-refractivity contribution in [3.05, 3.63) is 66.0 Å². The Morgan fingerprint density at radius 2 is 1.77 bits per heavy atom. The number of hydrogen-bond donors (Lipinski definition) is 1. The van der Waals surface area contributed by atoms with Gasteiger partial charge in [-0.3, -0.25) is 9.10 Å². The summed E-state index contributed by atoms with van der Waals surface area (Å²) >= 11 is 1.26. The number of hydrogen-bond acceptors (Lipinski definition) is 6. The van der Waals surface area contributed by atoms with Gasteiger partial charge >= 0.3 is 0 Å². The van der Waals surface area contributed by atoms with E-state index >= 15 is 0 Å². The molecule has 0 atom stereocenters. The smallest absolute Gasteiger partial charge is 0.234 e. The van der Waals surface area contributed by atoms with Crippen molar-refractivity contribution in [2.45, 2.75) is 32.1 Å². The zero-order valence-corrected chi connectivity index (χ0v) is 19.3. The first-order chi connectivity index (χ1) is 14.8. The number of benzene rings is 2. The fourth-order valence-corrected chi connectivity index (χ4v) is 4.62. The number of sulfonamides is 1. The number of aryl methyl sites for hydroxylation is 1. The van der Waals surface area contributed by atoms with E-state index in [9.17, 15) is 13.2 Å². The van der Waals surface area contributed by atoms with Crippen molar-refractivity contribution in [1.29, 1.82) is 0 Å². The molecule has 1 heterocycles. The number of para-hydroxylation sites is 1. The highest BCUT2D eigenvalue weighted by molar-refractivity contribution is 7.99. The normalized spacial score (nSPS) is 11.3. The lowest BCUT2D eigenvalue weighted by atomic mass is 10.2. The molecule has 1 N–H and O–H groups in total. The Morgan fingerprint density at radius 1 is 1.10 bits per heavy atom. The van der Waals surface area contributed by atoms with Crippen molar-refractivity contribution in [2.24, 2.45) is 0 Å². The number of nitrogens with zero attached hydrogens (tertiary/aromatic N) is 4. The van der Waals surface area contributed by atoms with Crippen LogP contribution < -0.4 is 9.62 Å². The van der Waals surface area contributed by atoms with Gasteiger partial charge in [0, 0.05) is 12.2 Å². The van der Waals surface area contributed by atoms with E-state index in [1.807, 2.05) is 48.7 Å². The summed E-state index contributed by atoms with van der Waals surface area (Å²) in [5.41, 5.74) is 2.41. The third-order valence-corrected chi connectivity index (χ3v) is 6.61. The van der Waals surface area contributed by atoms with Crippen molar-refractivity contribution in [2.75, 3.05) is 21.6 Å². The molecule has 0 radical (unpaired) electrons. The van der Waals surface area contributed by atoms with Crippen LogP contribution in [0.4, 0.5) is 11.4 Å². The van der Waals surface area contributed by atoms with Crippen LogP contribution in [0, 0.1) is 6.92 Å². The van der Waals surface area contributed by atoms with Crippen LogP contribution >= 0.6 is 11.8 Å². The molecule has 3 aromatic rings. The van der Waals surface area contributed by atoms with Gasteiger partial charge in [-0.25, -0.2) is 8.42 Å². The minimum Gasteiger partial charge on any atom is -0.325 e. The number of thioether (sulfide) groups is 1. The second-order valence-corrected chi connectivity index (χ2v) is 9.80. The zero-order valence-electron chi connectivity index (χ0n) is 17.6. The van der Waals surface area contributed by atoms with Gasteiger partial charge in [0.1, 0.15) is 0 Å². The number of anilines is 2. The quantitative estimate of drug-likeness (QED) is 0.493. The lowest BCUT2D eigenvalue weighted by Gasteiger charge is -2.22. The average molecular weight is 460 g/mol. The fraction of sp³-hybridized carbons (Fsp3) is 0.286. The van der Waals surface area contributed by atoms with Crippen molar-refractivity contribution < 1.29 is 13.2 Å². The molecule has 0 aliphatic heterocycles. The molecule has 2 aromatic carbocycles. The van der Waals surface area contributed by atoms with Crippen molar-refractivity contribution in [3.63, 3.8) is 0 Å². The van der Waals surface area contributed by atoms with Gasteiger partial charge in [0.15, 0.2) is 11.0 Å². The van der Waals surface area contributed by atoms with E-state index in [1.54, 1.807) is 24.3 Å². The Hall–Kier alpha value is -2.85. The van der Waals surface area contributed by atoms with E-state index in [1.165, 1.54) is 16.1 Å². The summed E-state index contributed by atoms with van der Waals surface area (Å²) in [5.74, 6) is 0.529. The molecule has 0 spiro atoms. The third kappa shape index (κ3) is 6.08. The van der Waals surface area contributed by atoms with E-state index in [-0.39, 0.29) is 18.2 Å². The predicted molar refractivity (Wildman–Crippen MR) is 124 cm³/mol. The minimum atomic E-state index is -3.51. The van der Waals surface area contributed by atoms with Crippen LogP contribution in [0.15, 0.2) is 59.8 Å². The van der Waals surface area contributed by atoms with Gasteiger partial charge in [-0.15, -0.1) is 10.2 Å². The Bertz CT molecular complexity index is 1130. The monoisotopic (exact) mass is 459 g/mol. The fourth-order valence-electron chi connectivity index (χ4n) is 2.95. The molecule has 1 amide bonds. The number of nitrogens with one attached hydrogen (secondary N) is 1. The molecule has 0 aliphatic carbocycles. The molecule has 0 fully saturated rings. The number of aromatic nitrogens is 3. The second-order valence-electron chi connectivity index (χ2n) is 6.95. The minimum absolute atomic E-state index is 0.0554. The second kappa shape index (κ2) is 9.97. The Balaban J connectivity index is 1.71. The van der Waals surface area contributed by atoms with E-state index in [0.29, 0.717) is 23.2 Å². The average Bonchev–Trinajstić information content (AvgIpc) is 3.13. The van der Waals surface area contributed by atoms with Crippen molar-refractivity contribution >= 4 is 39.1 Å². The van der Waals surface area contributed by atoms with Crippen LogP contribution in [0.3, 0.4) is 0 Å². The van der Waals surface area contributed by atoms with Gasteiger partial charge in [-0.05, 0) is 38.1 Å². The van der Waals surface area contributed by atoms with E-state index in [0.717, 1.165) is 17.5 Å². The molecule has 0 bridgehead atoms. The Labute approximate surface area is 186 Å². The number of carbonyl (C=O) groups excluding carboxylic acids is 1. The van der Waals surface area contributed by atoms with Crippen LogP contribution in [0.25, 0.3) is 0 Å². The first-order valence-electron chi connectivity index (χ1n) is 9.72. The third-order valence-electron chi connectivity index (χ3n) is 4.51. The highest BCUT2D eigenvalue weighted by Crippen LogP contribution is 2.23. The lowest BCUT2D eigenvalue weighted by molar-refractivity contribution is -0.113. The summed E-state index contributed by atoms with van der Waals surface area (Å²) in [6, 6.07) is 16.4. The largest absolute Gasteiger partial charge is 0.325 e. The van der Waals surface area contributed by atoms with Crippen molar-refractivity contribution in [1.82, 2.24) is 14.8 Å². The van der Waals surface area contributed by atoms with Gasteiger partial charge in [-0.1, -0.05) is 47.7 Å². The van der Waals surface area contributed by atoms with E-state index in [2.05, 4.69) is 15.5 Å². The Morgan fingerprint density at radius 3 is 2.39 bits per heavy atom. The highest BCUT2D eigenvalue weighted by atomic mass is 32.2. The first-order valence-corrected chi connectivity index (χ1v) is 12.6. The summed E-state index contributed by atoms with van der Waals surface area (Å²) in [6.07, 6.45) is 1.16. The van der Waals surface area contributed by atoms with Crippen LogP contribution in [0.2, 0.25) is 0 Å². The number of rotatable bonds is 9. The summed E-state index contributed by atoms with van der Waals surface area (Å²) in [7, 11) is -3.51. The molecule has 8 nitrogen and oxygen atoms in total. The van der Waals surface area contributed by atoms with Gasteiger partial charge in [0.2, 0.25) is 15.9 Å². The predicted octanol–water partition coefficient (Wildman–Crippen LogP) is 3.30. The molecule has 1 aromatic heterocycles. The SMILES string of the molecule is CCn1c(CN(c2ccccc2)S(C)(=O)=O)nnc1SCC(=O)Nc1ccc(C)cc1. The summed E-state index contributed by atoms with van der Waals surface area (Å²) in [6.45, 7) is 4.52. The number of amides is 1. The molecule has 0 unspecified atom stereocenters. The maximum absolute atomic E-state index is 12.4. The molecule has 31 heavy (non-hydrogen) atoms. The Kier molecular flexibility index (Phi) is 7.34. The van der Waals surface area contributed by atoms with Crippen LogP contribution in [0.1, 0.15) is 18.3 Å². The van der Waals surface area contributed by atoms with Gasteiger partial charge in [-0.2, -0.15) is 0 Å². The van der Waals surface area contributed by atoms with E-state index < -0.39 is 10.0 Å². The molecule has 164 valence electrons. The molecule has 0 aliphatic rings. The lowest BCUT2D eigenvalue weighted by Crippen LogP contribution is -2.30.